The fourth-order valence-corrected chi connectivity index (χ4v) is 8.24. The Morgan fingerprint density at radius 3 is 2.21 bits per heavy atom. The van der Waals surface area contributed by atoms with Gasteiger partial charge in [-0.2, -0.15) is 0 Å². The molecule has 8 atom stereocenters. The van der Waals surface area contributed by atoms with Crippen LogP contribution in [0, 0.1) is 17.6 Å². The molecule has 306 valence electrons. The van der Waals surface area contributed by atoms with Crippen molar-refractivity contribution in [1.82, 2.24) is 30.7 Å². The van der Waals surface area contributed by atoms with E-state index in [0.29, 0.717) is 37.4 Å². The number of esters is 1. The minimum absolute atomic E-state index is 0.0242. The molecule has 4 saturated heterocycles. The van der Waals surface area contributed by atoms with E-state index in [9.17, 15) is 42.3 Å². The van der Waals surface area contributed by atoms with Gasteiger partial charge in [0.2, 0.25) is 29.5 Å². The maximum atomic E-state index is 14.7. The van der Waals surface area contributed by atoms with Crippen molar-refractivity contribution in [2.24, 2.45) is 5.92 Å². The van der Waals surface area contributed by atoms with Crippen LogP contribution in [0.15, 0.2) is 48.5 Å². The second-order valence-electron chi connectivity index (χ2n) is 15.4. The van der Waals surface area contributed by atoms with Gasteiger partial charge in [0.1, 0.15) is 54.0 Å². The van der Waals surface area contributed by atoms with E-state index in [1.807, 2.05) is 6.92 Å². The second-order valence-corrected chi connectivity index (χ2v) is 15.4. The summed E-state index contributed by atoms with van der Waals surface area (Å²) in [6.07, 6.45) is 0.820. The van der Waals surface area contributed by atoms with Crippen LogP contribution in [0.5, 0.6) is 0 Å². The van der Waals surface area contributed by atoms with Gasteiger partial charge in [0, 0.05) is 37.8 Å². The van der Waals surface area contributed by atoms with Gasteiger partial charge in [-0.15, -0.1) is 0 Å². The zero-order valence-corrected chi connectivity index (χ0v) is 32.2. The molecular formula is C40H49F2N7O8. The van der Waals surface area contributed by atoms with E-state index in [2.05, 4.69) is 21.3 Å². The van der Waals surface area contributed by atoms with Crippen molar-refractivity contribution < 1.29 is 47.1 Å². The Morgan fingerprint density at radius 1 is 0.825 bits per heavy atom. The van der Waals surface area contributed by atoms with Crippen LogP contribution in [0.3, 0.4) is 0 Å². The number of urea groups is 1. The normalized spacial score (nSPS) is 27.8. The van der Waals surface area contributed by atoms with Crippen molar-refractivity contribution in [2.45, 2.75) is 108 Å². The predicted octanol–water partition coefficient (Wildman–Crippen LogP) is 2.24. The number of carbonyl (C=O) groups is 7. The number of fused-ring (bicyclic) bond motifs is 3. The van der Waals surface area contributed by atoms with Crippen LogP contribution in [0.4, 0.5) is 19.3 Å². The van der Waals surface area contributed by atoms with Crippen LogP contribution < -0.4 is 21.3 Å². The molecule has 4 heterocycles. The molecule has 0 aromatic heterocycles. The van der Waals surface area contributed by atoms with Crippen LogP contribution in [0.25, 0.3) is 0 Å². The number of nitrogens with zero attached hydrogens (tertiary/aromatic N) is 3. The van der Waals surface area contributed by atoms with E-state index in [1.54, 1.807) is 30.3 Å². The number of ether oxygens (including phenoxy) is 1. The minimum Gasteiger partial charge on any atom is -0.458 e. The van der Waals surface area contributed by atoms with Crippen molar-refractivity contribution >= 4 is 47.2 Å². The highest BCUT2D eigenvalue weighted by atomic mass is 19.1. The van der Waals surface area contributed by atoms with Crippen LogP contribution in [0.2, 0.25) is 0 Å². The number of nitrogens with one attached hydrogen (secondary N) is 4. The molecule has 0 spiro atoms. The minimum atomic E-state index is -1.61. The third kappa shape index (κ3) is 9.51. The number of piperidine rings is 1. The zero-order chi connectivity index (χ0) is 41.0. The van der Waals surface area contributed by atoms with E-state index in [1.165, 1.54) is 28.5 Å². The molecule has 4 aliphatic heterocycles. The molecule has 57 heavy (non-hydrogen) atoms. The smallest absolute Gasteiger partial charge is 0.329 e. The summed E-state index contributed by atoms with van der Waals surface area (Å²) >= 11 is 0. The van der Waals surface area contributed by atoms with Gasteiger partial charge in [-0.3, -0.25) is 24.0 Å². The van der Waals surface area contributed by atoms with Gasteiger partial charge in [0.25, 0.3) is 0 Å². The summed E-state index contributed by atoms with van der Waals surface area (Å²) in [5.74, 6) is -5.95. The number of para-hydroxylation sites is 1. The molecule has 15 nitrogen and oxygen atoms in total. The lowest BCUT2D eigenvalue weighted by atomic mass is 9.99. The highest BCUT2D eigenvalue weighted by Crippen LogP contribution is 2.29. The average molecular weight is 794 g/mol. The predicted molar refractivity (Wildman–Crippen MR) is 201 cm³/mol. The molecular weight excluding hydrogens is 744 g/mol. The van der Waals surface area contributed by atoms with Crippen LogP contribution in [0.1, 0.15) is 64.9 Å². The Bertz CT molecular complexity index is 1860. The first-order chi connectivity index (χ1) is 27.2. The summed E-state index contributed by atoms with van der Waals surface area (Å²) < 4.78 is 34.5. The highest BCUT2D eigenvalue weighted by molar-refractivity contribution is 5.98. The monoisotopic (exact) mass is 793 g/mol. The SMILES string of the molecule is C[C@@H]1C[C@H]2C(=O)O[C@@H](C)[C@H](NC(=O)[C@H](Cc3cc(F)cc(F)c3)NC(=O)Nc3ccccc3)C(=O)N3CCC[C@H]3C(=O)N3CCCC[C@H]3C(=O)N[C@@H](C)C(=O)N2C1. The number of anilines is 1. The van der Waals surface area contributed by atoms with E-state index < -0.39 is 102 Å². The topological polar surface area (TPSA) is 187 Å². The van der Waals surface area contributed by atoms with Crippen LogP contribution in [-0.4, -0.2) is 118 Å². The van der Waals surface area contributed by atoms with Gasteiger partial charge < -0.3 is 40.7 Å². The van der Waals surface area contributed by atoms with Crippen molar-refractivity contribution in [3.8, 4) is 0 Å². The molecule has 0 bridgehead atoms. The molecule has 6 rings (SSSR count). The number of cyclic esters (lactones) is 1. The standard InChI is InChI=1S/C40H49F2N7O8/c1-22-16-32-39(55)57-24(3)33(46-34(50)29(19-25-17-26(41)20-27(42)18-25)45-40(56)44-28-10-5-4-6-11-28)38(54)48-15-9-13-31(48)37(53)47-14-8-7-12-30(47)35(51)43-23(2)36(52)49(32)21-22/h4-6,10-11,17-18,20,22-24,29-33H,7-9,12-16,19,21H2,1-3H3,(H,43,51)(H,46,50)(H2,44,45,56)/t22-,23+,24+,29+,30+,31+,32+,33+/m1/s1. The maximum Gasteiger partial charge on any atom is 0.329 e. The van der Waals surface area contributed by atoms with Crippen LogP contribution in [-0.2, 0) is 39.9 Å². The molecule has 0 aliphatic carbocycles. The fourth-order valence-electron chi connectivity index (χ4n) is 8.24. The van der Waals surface area contributed by atoms with Crippen molar-refractivity contribution in [3.63, 3.8) is 0 Å². The molecule has 0 saturated carbocycles. The highest BCUT2D eigenvalue weighted by Gasteiger charge is 2.47. The number of benzene rings is 2. The van der Waals surface area contributed by atoms with E-state index in [-0.39, 0.29) is 44.0 Å². The second kappa shape index (κ2) is 17.7. The Labute approximate surface area is 329 Å². The Morgan fingerprint density at radius 2 is 1.49 bits per heavy atom. The number of hydrogen-bond acceptors (Lipinski definition) is 8. The van der Waals surface area contributed by atoms with E-state index >= 15 is 0 Å². The Kier molecular flexibility index (Phi) is 12.7. The molecule has 17 heteroatoms. The number of carbonyl (C=O) groups excluding carboxylic acids is 7. The summed E-state index contributed by atoms with van der Waals surface area (Å²) in [7, 11) is 0. The molecule has 4 fully saturated rings. The third-order valence-corrected chi connectivity index (χ3v) is 11.1. The van der Waals surface area contributed by atoms with E-state index in [4.69, 9.17) is 4.74 Å². The van der Waals surface area contributed by atoms with Gasteiger partial charge in [-0.1, -0.05) is 25.1 Å². The summed E-state index contributed by atoms with van der Waals surface area (Å²) in [6, 6.07) is 3.06. The van der Waals surface area contributed by atoms with Crippen LogP contribution >= 0.6 is 0 Å². The number of rotatable bonds is 6. The van der Waals surface area contributed by atoms with Crippen molar-refractivity contribution in [2.75, 3.05) is 25.0 Å². The molecule has 0 radical (unpaired) electrons. The average Bonchev–Trinajstić information content (AvgIpc) is 3.82. The number of halogens is 2. The van der Waals surface area contributed by atoms with Gasteiger partial charge in [-0.05, 0) is 88.1 Å². The van der Waals surface area contributed by atoms with E-state index in [0.717, 1.165) is 12.1 Å². The summed E-state index contributed by atoms with van der Waals surface area (Å²) in [5.41, 5.74) is 0.414. The van der Waals surface area contributed by atoms with Gasteiger partial charge in [0.15, 0.2) is 0 Å². The maximum absolute atomic E-state index is 14.7. The number of amides is 7. The van der Waals surface area contributed by atoms with Gasteiger partial charge >= 0.3 is 12.0 Å². The third-order valence-electron chi connectivity index (χ3n) is 11.1. The molecule has 7 amide bonds. The molecule has 2 aromatic rings. The lowest BCUT2D eigenvalue weighted by Gasteiger charge is -2.39. The molecule has 2 aromatic carbocycles. The molecule has 0 unspecified atom stereocenters. The lowest BCUT2D eigenvalue weighted by molar-refractivity contribution is -0.163. The molecule has 4 aliphatic rings. The first-order valence-electron chi connectivity index (χ1n) is 19.5. The first-order valence-corrected chi connectivity index (χ1v) is 19.5. The summed E-state index contributed by atoms with van der Waals surface area (Å²) in [5, 5.41) is 10.5. The fraction of sp³-hybridized carbons (Fsp3) is 0.525. The Balaban J connectivity index is 1.34. The zero-order valence-electron chi connectivity index (χ0n) is 32.2. The largest absolute Gasteiger partial charge is 0.458 e. The first kappa shape index (κ1) is 41.0. The lowest BCUT2D eigenvalue weighted by Crippen LogP contribution is -2.63. The summed E-state index contributed by atoms with van der Waals surface area (Å²) in [6.45, 7) is 5.37. The van der Waals surface area contributed by atoms with Crippen molar-refractivity contribution in [3.05, 3.63) is 65.7 Å². The molecule has 4 N–H and O–H groups in total. The van der Waals surface area contributed by atoms with Gasteiger partial charge in [-0.25, -0.2) is 18.4 Å². The van der Waals surface area contributed by atoms with Gasteiger partial charge in [0.05, 0.1) is 0 Å². The number of hydrogen-bond donors (Lipinski definition) is 4. The quantitative estimate of drug-likeness (QED) is 0.321. The summed E-state index contributed by atoms with van der Waals surface area (Å²) in [4.78, 5) is 102. The van der Waals surface area contributed by atoms with Crippen molar-refractivity contribution in [1.29, 1.82) is 0 Å². The Hall–Kier alpha value is -5.61.